The molecule has 1 aliphatic carbocycles. The van der Waals surface area contributed by atoms with Gasteiger partial charge in [0.2, 0.25) is 5.88 Å². The van der Waals surface area contributed by atoms with Crippen LogP contribution in [0.3, 0.4) is 0 Å². The molecule has 0 radical (unpaired) electrons. The lowest BCUT2D eigenvalue weighted by Gasteiger charge is -2.37. The van der Waals surface area contributed by atoms with Gasteiger partial charge < -0.3 is 25.3 Å². The zero-order chi connectivity index (χ0) is 25.8. The standard InChI is InChI=1S/C28H31N3O5/c1-27(2,3)36-26(33)31-28(25(32)34-18-19-9-5-4-6-10-19)15-14-20-11-7-13-23(21(20)17-28)35-24-22(29)12-8-16-30-24/h4-13,16H,14-15,17-18,29H2,1-3H3,(H,31,33)/t28-/m1/s1. The second-order valence-corrected chi connectivity index (χ2v) is 9.84. The van der Waals surface area contributed by atoms with Crippen LogP contribution in [-0.4, -0.2) is 28.2 Å². The number of nitrogen functional groups attached to an aromatic ring is 1. The van der Waals surface area contributed by atoms with Crippen molar-refractivity contribution in [2.45, 2.75) is 57.8 Å². The van der Waals surface area contributed by atoms with Crippen molar-refractivity contribution in [2.75, 3.05) is 5.73 Å². The van der Waals surface area contributed by atoms with Crippen molar-refractivity contribution in [3.8, 4) is 11.6 Å². The second kappa shape index (κ2) is 10.3. The maximum atomic E-state index is 13.6. The van der Waals surface area contributed by atoms with Crippen LogP contribution in [0.2, 0.25) is 0 Å². The molecule has 8 nitrogen and oxygen atoms in total. The molecule has 0 fully saturated rings. The average Bonchev–Trinajstić information content (AvgIpc) is 2.83. The summed E-state index contributed by atoms with van der Waals surface area (Å²) in [5.74, 6) is 0.257. The first-order chi connectivity index (χ1) is 17.2. The number of nitrogens with two attached hydrogens (primary N) is 1. The molecule has 1 amide bonds. The van der Waals surface area contributed by atoms with Crippen LogP contribution in [0.1, 0.15) is 43.9 Å². The molecule has 8 heteroatoms. The number of aromatic nitrogens is 1. The first-order valence-corrected chi connectivity index (χ1v) is 11.9. The topological polar surface area (TPSA) is 113 Å². The number of hydrogen-bond donors (Lipinski definition) is 2. The molecule has 0 saturated carbocycles. The molecule has 1 aliphatic rings. The van der Waals surface area contributed by atoms with Crippen LogP contribution in [0.5, 0.6) is 11.6 Å². The van der Waals surface area contributed by atoms with Crippen LogP contribution < -0.4 is 15.8 Å². The number of hydrogen-bond acceptors (Lipinski definition) is 7. The van der Waals surface area contributed by atoms with E-state index < -0.39 is 23.2 Å². The number of ether oxygens (including phenoxy) is 3. The van der Waals surface area contributed by atoms with E-state index in [1.807, 2.05) is 42.5 Å². The summed E-state index contributed by atoms with van der Waals surface area (Å²) in [5, 5.41) is 2.84. The number of benzene rings is 2. The minimum atomic E-state index is -1.33. The maximum Gasteiger partial charge on any atom is 0.408 e. The molecule has 3 N–H and O–H groups in total. The monoisotopic (exact) mass is 489 g/mol. The van der Waals surface area contributed by atoms with Crippen LogP contribution in [0, 0.1) is 0 Å². The second-order valence-electron chi connectivity index (χ2n) is 9.84. The minimum Gasteiger partial charge on any atom is -0.459 e. The van der Waals surface area contributed by atoms with E-state index >= 15 is 0 Å². The number of rotatable bonds is 6. The number of pyridine rings is 1. The Hall–Kier alpha value is -4.07. The molecule has 0 unspecified atom stereocenters. The number of aryl methyl sites for hydroxylation is 1. The van der Waals surface area contributed by atoms with Crippen molar-refractivity contribution in [3.05, 3.63) is 83.6 Å². The van der Waals surface area contributed by atoms with E-state index in [1.165, 1.54) is 0 Å². The summed E-state index contributed by atoms with van der Waals surface area (Å²) in [4.78, 5) is 30.6. The van der Waals surface area contributed by atoms with E-state index in [1.54, 1.807) is 45.2 Å². The highest BCUT2D eigenvalue weighted by Gasteiger charge is 2.46. The van der Waals surface area contributed by atoms with Gasteiger partial charge >= 0.3 is 12.1 Å². The molecule has 1 atom stereocenters. The van der Waals surface area contributed by atoms with Gasteiger partial charge in [-0.05, 0) is 62.9 Å². The molecule has 0 bridgehead atoms. The van der Waals surface area contributed by atoms with Gasteiger partial charge in [-0.2, -0.15) is 0 Å². The molecule has 3 aromatic rings. The van der Waals surface area contributed by atoms with Crippen LogP contribution >= 0.6 is 0 Å². The number of carbonyl (C=O) groups excluding carboxylic acids is 2. The van der Waals surface area contributed by atoms with E-state index in [9.17, 15) is 9.59 Å². The molecule has 36 heavy (non-hydrogen) atoms. The number of alkyl carbamates (subject to hydrolysis) is 1. The van der Waals surface area contributed by atoms with Crippen molar-refractivity contribution in [2.24, 2.45) is 0 Å². The average molecular weight is 490 g/mol. The Morgan fingerprint density at radius 1 is 1.06 bits per heavy atom. The summed E-state index contributed by atoms with van der Waals surface area (Å²) in [5.41, 5.74) is 7.01. The van der Waals surface area contributed by atoms with Gasteiger partial charge in [0.05, 0.1) is 5.69 Å². The number of anilines is 1. The maximum absolute atomic E-state index is 13.6. The number of nitrogens with zero attached hydrogens (tertiary/aromatic N) is 1. The number of carbonyl (C=O) groups is 2. The third kappa shape index (κ3) is 5.94. The highest BCUT2D eigenvalue weighted by Crippen LogP contribution is 2.38. The third-order valence-corrected chi connectivity index (χ3v) is 5.88. The lowest BCUT2D eigenvalue weighted by Crippen LogP contribution is -2.59. The fourth-order valence-corrected chi connectivity index (χ4v) is 4.16. The van der Waals surface area contributed by atoms with E-state index in [0.29, 0.717) is 24.3 Å². The van der Waals surface area contributed by atoms with Gasteiger partial charge in [-0.25, -0.2) is 14.6 Å². The Morgan fingerprint density at radius 3 is 2.56 bits per heavy atom. The lowest BCUT2D eigenvalue weighted by molar-refractivity contribution is -0.153. The molecule has 2 aromatic carbocycles. The van der Waals surface area contributed by atoms with Crippen LogP contribution in [0.4, 0.5) is 10.5 Å². The Kier molecular flexibility index (Phi) is 7.15. The summed E-state index contributed by atoms with van der Waals surface area (Å²) < 4.78 is 17.3. The fourth-order valence-electron chi connectivity index (χ4n) is 4.16. The smallest absolute Gasteiger partial charge is 0.408 e. The molecular weight excluding hydrogens is 458 g/mol. The Bertz CT molecular complexity index is 1240. The number of fused-ring (bicyclic) bond motifs is 1. The van der Waals surface area contributed by atoms with Crippen molar-refractivity contribution < 1.29 is 23.8 Å². The molecule has 188 valence electrons. The summed E-state index contributed by atoms with van der Waals surface area (Å²) in [6, 6.07) is 18.5. The number of nitrogens with one attached hydrogen (secondary N) is 1. The van der Waals surface area contributed by atoms with Crippen molar-refractivity contribution in [1.82, 2.24) is 10.3 Å². The first-order valence-electron chi connectivity index (χ1n) is 11.9. The number of amides is 1. The van der Waals surface area contributed by atoms with Gasteiger partial charge in [0.1, 0.15) is 23.5 Å². The van der Waals surface area contributed by atoms with Crippen molar-refractivity contribution in [1.29, 1.82) is 0 Å². The SMILES string of the molecule is CC(C)(C)OC(=O)N[C@]1(C(=O)OCc2ccccc2)CCc2cccc(Oc3ncccc3N)c2C1. The van der Waals surface area contributed by atoms with Gasteiger partial charge in [-0.15, -0.1) is 0 Å². The van der Waals surface area contributed by atoms with E-state index in [-0.39, 0.29) is 18.9 Å². The van der Waals surface area contributed by atoms with Crippen LogP contribution in [-0.2, 0) is 33.7 Å². The quantitative estimate of drug-likeness (QED) is 0.471. The Labute approximate surface area is 210 Å². The summed E-state index contributed by atoms with van der Waals surface area (Å²) >= 11 is 0. The molecular formula is C28H31N3O5. The van der Waals surface area contributed by atoms with Gasteiger partial charge in [0.15, 0.2) is 0 Å². The van der Waals surface area contributed by atoms with E-state index in [0.717, 1.165) is 16.7 Å². The molecule has 1 aromatic heterocycles. The zero-order valence-corrected chi connectivity index (χ0v) is 20.7. The summed E-state index contributed by atoms with van der Waals surface area (Å²) in [6.07, 6.45) is 1.95. The predicted octanol–water partition coefficient (Wildman–Crippen LogP) is 4.95. The Morgan fingerprint density at radius 2 is 1.83 bits per heavy atom. The van der Waals surface area contributed by atoms with Crippen LogP contribution in [0.25, 0.3) is 0 Å². The number of esters is 1. The van der Waals surface area contributed by atoms with Gasteiger partial charge in [-0.3, -0.25) is 0 Å². The van der Waals surface area contributed by atoms with Gasteiger partial charge in [0.25, 0.3) is 0 Å². The highest BCUT2D eigenvalue weighted by atomic mass is 16.6. The molecule has 0 spiro atoms. The predicted molar refractivity (Wildman–Crippen MR) is 136 cm³/mol. The van der Waals surface area contributed by atoms with Crippen LogP contribution in [0.15, 0.2) is 66.9 Å². The highest BCUT2D eigenvalue weighted by molar-refractivity contribution is 5.87. The van der Waals surface area contributed by atoms with Crippen molar-refractivity contribution >= 4 is 17.7 Å². The zero-order valence-electron chi connectivity index (χ0n) is 20.7. The molecule has 0 aliphatic heterocycles. The Balaban J connectivity index is 1.64. The van der Waals surface area contributed by atoms with Gasteiger partial charge in [0, 0.05) is 18.2 Å². The molecule has 0 saturated heterocycles. The molecule has 4 rings (SSSR count). The summed E-state index contributed by atoms with van der Waals surface area (Å²) in [7, 11) is 0. The van der Waals surface area contributed by atoms with Gasteiger partial charge in [-0.1, -0.05) is 42.5 Å². The minimum absolute atomic E-state index is 0.0902. The first kappa shape index (κ1) is 25.0. The molecule has 1 heterocycles. The third-order valence-electron chi connectivity index (χ3n) is 5.88. The lowest BCUT2D eigenvalue weighted by atomic mass is 9.77. The van der Waals surface area contributed by atoms with E-state index in [2.05, 4.69) is 10.3 Å². The summed E-state index contributed by atoms with van der Waals surface area (Å²) in [6.45, 7) is 5.40. The van der Waals surface area contributed by atoms with Crippen molar-refractivity contribution in [3.63, 3.8) is 0 Å². The fraction of sp³-hybridized carbons (Fsp3) is 0.321. The largest absolute Gasteiger partial charge is 0.459 e. The normalized spacial score (nSPS) is 17.0. The van der Waals surface area contributed by atoms with E-state index in [4.69, 9.17) is 19.9 Å².